The largest absolute Gasteiger partial charge is 0.497 e. The molecule has 2 aliphatic rings. The topological polar surface area (TPSA) is 33.3 Å². The molecule has 1 fully saturated rings. The Hall–Kier alpha value is -1.22. The second-order valence-corrected chi connectivity index (χ2v) is 3.92. The van der Waals surface area contributed by atoms with Gasteiger partial charge in [0.1, 0.15) is 5.75 Å². The summed E-state index contributed by atoms with van der Waals surface area (Å²) in [6, 6.07) is 6.26. The second-order valence-electron chi connectivity index (χ2n) is 3.92. The molecule has 74 valence electrons. The average molecular weight is 190 g/mol. The molecule has 0 spiro atoms. The van der Waals surface area contributed by atoms with E-state index in [0.29, 0.717) is 12.1 Å². The van der Waals surface area contributed by atoms with Gasteiger partial charge in [0.05, 0.1) is 13.3 Å². The number of anilines is 1. The zero-order valence-electron chi connectivity index (χ0n) is 8.21. The van der Waals surface area contributed by atoms with Gasteiger partial charge in [-0.25, -0.2) is 0 Å². The molecular weight excluding hydrogens is 176 g/mol. The maximum absolute atomic E-state index is 5.24. The van der Waals surface area contributed by atoms with Crippen molar-refractivity contribution in [3.8, 4) is 5.75 Å². The highest BCUT2D eigenvalue weighted by Gasteiger charge is 2.35. The first-order valence-electron chi connectivity index (χ1n) is 5.06. The lowest BCUT2D eigenvalue weighted by Crippen LogP contribution is -2.29. The van der Waals surface area contributed by atoms with Crippen molar-refractivity contribution in [3.63, 3.8) is 0 Å². The monoisotopic (exact) mass is 190 g/mol. The molecule has 0 aliphatic carbocycles. The van der Waals surface area contributed by atoms with Crippen LogP contribution in [0.3, 0.4) is 0 Å². The second kappa shape index (κ2) is 2.89. The van der Waals surface area contributed by atoms with Crippen LogP contribution in [0.4, 0.5) is 5.69 Å². The van der Waals surface area contributed by atoms with Gasteiger partial charge < -0.3 is 10.1 Å². The van der Waals surface area contributed by atoms with Crippen molar-refractivity contribution in [2.45, 2.75) is 18.5 Å². The Balaban J connectivity index is 2.03. The van der Waals surface area contributed by atoms with Crippen LogP contribution in [0.2, 0.25) is 0 Å². The van der Waals surface area contributed by atoms with Crippen LogP contribution in [0.25, 0.3) is 0 Å². The fourth-order valence-corrected chi connectivity index (χ4v) is 2.46. The van der Waals surface area contributed by atoms with Gasteiger partial charge in [-0.15, -0.1) is 0 Å². The summed E-state index contributed by atoms with van der Waals surface area (Å²) < 4.78 is 5.24. The molecule has 0 bridgehead atoms. The number of benzene rings is 1. The van der Waals surface area contributed by atoms with Gasteiger partial charge in [-0.05, 0) is 36.7 Å². The molecule has 0 saturated carbocycles. The Kier molecular flexibility index (Phi) is 1.67. The van der Waals surface area contributed by atoms with E-state index in [2.05, 4.69) is 22.8 Å². The lowest BCUT2D eigenvalue weighted by molar-refractivity contribution is 0.414. The predicted molar refractivity (Wildman–Crippen MR) is 55.8 cm³/mol. The number of fused-ring (bicyclic) bond motifs is 3. The van der Waals surface area contributed by atoms with Crippen molar-refractivity contribution in [2.75, 3.05) is 19.0 Å². The van der Waals surface area contributed by atoms with Crippen LogP contribution in [-0.2, 0) is 0 Å². The van der Waals surface area contributed by atoms with Crippen LogP contribution in [0.15, 0.2) is 18.2 Å². The number of rotatable bonds is 1. The van der Waals surface area contributed by atoms with Crippen molar-refractivity contribution < 1.29 is 4.74 Å². The van der Waals surface area contributed by atoms with Crippen molar-refractivity contribution in [1.82, 2.24) is 5.32 Å². The molecule has 14 heavy (non-hydrogen) atoms. The molecule has 2 unspecified atom stereocenters. The van der Waals surface area contributed by atoms with Gasteiger partial charge >= 0.3 is 0 Å². The van der Waals surface area contributed by atoms with Crippen LogP contribution in [0.5, 0.6) is 5.75 Å². The summed E-state index contributed by atoms with van der Waals surface area (Å²) in [5, 5.41) is 6.93. The van der Waals surface area contributed by atoms with Gasteiger partial charge in [0.25, 0.3) is 0 Å². The lowest BCUT2D eigenvalue weighted by Gasteiger charge is -2.08. The van der Waals surface area contributed by atoms with E-state index in [1.807, 2.05) is 6.07 Å². The Bertz CT molecular complexity index is 364. The van der Waals surface area contributed by atoms with E-state index in [0.717, 1.165) is 12.3 Å². The van der Waals surface area contributed by atoms with Crippen molar-refractivity contribution >= 4 is 5.69 Å². The fraction of sp³-hybridized carbons (Fsp3) is 0.455. The molecule has 3 rings (SSSR count). The quantitative estimate of drug-likeness (QED) is 0.704. The summed E-state index contributed by atoms with van der Waals surface area (Å²) in [6.07, 6.45) is 1.66. The van der Waals surface area contributed by atoms with Gasteiger partial charge in [0.15, 0.2) is 0 Å². The van der Waals surface area contributed by atoms with Gasteiger partial charge in [-0.1, -0.05) is 0 Å². The molecule has 2 heterocycles. The molecule has 2 aliphatic heterocycles. The first-order valence-corrected chi connectivity index (χ1v) is 5.06. The van der Waals surface area contributed by atoms with E-state index in [4.69, 9.17) is 4.74 Å². The van der Waals surface area contributed by atoms with E-state index in [-0.39, 0.29) is 0 Å². The Morgan fingerprint density at radius 2 is 2.36 bits per heavy atom. The Labute approximate surface area is 83.5 Å². The third kappa shape index (κ3) is 1.02. The predicted octanol–water partition coefficient (Wildman–Crippen LogP) is 1.52. The third-order valence-electron chi connectivity index (χ3n) is 3.19. The molecule has 3 heteroatoms. The van der Waals surface area contributed by atoms with Gasteiger partial charge in [0, 0.05) is 11.6 Å². The zero-order chi connectivity index (χ0) is 9.54. The molecule has 1 saturated heterocycles. The fourth-order valence-electron chi connectivity index (χ4n) is 2.46. The van der Waals surface area contributed by atoms with Gasteiger partial charge in [-0.2, -0.15) is 0 Å². The molecular formula is C11H14N2O. The Morgan fingerprint density at radius 1 is 1.43 bits per heavy atom. The Morgan fingerprint density at radius 3 is 3.21 bits per heavy atom. The van der Waals surface area contributed by atoms with E-state index in [1.54, 1.807) is 7.11 Å². The molecule has 1 aromatic carbocycles. The molecule has 0 aromatic heterocycles. The summed E-state index contributed by atoms with van der Waals surface area (Å²) in [5.74, 6) is 1.58. The van der Waals surface area contributed by atoms with Gasteiger partial charge in [-0.3, -0.25) is 5.32 Å². The van der Waals surface area contributed by atoms with E-state index in [1.165, 1.54) is 17.7 Å². The van der Waals surface area contributed by atoms with Crippen molar-refractivity contribution in [3.05, 3.63) is 23.8 Å². The number of nitrogens with one attached hydrogen (secondary N) is 2. The molecule has 2 atom stereocenters. The first kappa shape index (κ1) is 8.12. The van der Waals surface area contributed by atoms with Crippen LogP contribution in [-0.4, -0.2) is 19.8 Å². The number of hydrogen-bond acceptors (Lipinski definition) is 3. The van der Waals surface area contributed by atoms with Crippen molar-refractivity contribution in [1.29, 1.82) is 0 Å². The minimum Gasteiger partial charge on any atom is -0.497 e. The van der Waals surface area contributed by atoms with Crippen molar-refractivity contribution in [2.24, 2.45) is 0 Å². The average Bonchev–Trinajstić information content (AvgIpc) is 2.76. The summed E-state index contributed by atoms with van der Waals surface area (Å²) in [4.78, 5) is 0. The molecule has 0 radical (unpaired) electrons. The number of methoxy groups -OCH3 is 1. The van der Waals surface area contributed by atoms with Gasteiger partial charge in [0.2, 0.25) is 0 Å². The smallest absolute Gasteiger partial charge is 0.119 e. The first-order chi connectivity index (χ1) is 6.88. The molecule has 0 amide bonds. The van der Waals surface area contributed by atoms with Crippen LogP contribution < -0.4 is 15.4 Å². The summed E-state index contributed by atoms with van der Waals surface area (Å²) >= 11 is 0. The highest BCUT2D eigenvalue weighted by Crippen LogP contribution is 2.41. The standard InChI is InChI=1S/C11H14N2O/c1-14-7-2-3-10-9(6-7)8-4-5-12-11(8)13-10/h2-3,6,8,11-13H,4-5H2,1H3. The van der Waals surface area contributed by atoms with E-state index in [9.17, 15) is 0 Å². The number of ether oxygens (including phenoxy) is 1. The summed E-state index contributed by atoms with van der Waals surface area (Å²) in [5.41, 5.74) is 2.66. The minimum absolute atomic E-state index is 0.442. The summed E-state index contributed by atoms with van der Waals surface area (Å²) in [7, 11) is 1.72. The number of hydrogen-bond donors (Lipinski definition) is 2. The SMILES string of the molecule is COc1ccc2c(c1)C1CCNC1N2. The zero-order valence-corrected chi connectivity index (χ0v) is 8.21. The van der Waals surface area contributed by atoms with E-state index < -0.39 is 0 Å². The highest BCUT2D eigenvalue weighted by atomic mass is 16.5. The van der Waals surface area contributed by atoms with Crippen LogP contribution in [0.1, 0.15) is 17.9 Å². The van der Waals surface area contributed by atoms with Crippen LogP contribution in [0, 0.1) is 0 Å². The molecule has 2 N–H and O–H groups in total. The maximum Gasteiger partial charge on any atom is 0.119 e. The van der Waals surface area contributed by atoms with Crippen LogP contribution >= 0.6 is 0 Å². The molecule has 3 nitrogen and oxygen atoms in total. The maximum atomic E-state index is 5.24. The van der Waals surface area contributed by atoms with E-state index >= 15 is 0 Å². The lowest BCUT2D eigenvalue weighted by atomic mass is 9.98. The molecule has 1 aromatic rings. The third-order valence-corrected chi connectivity index (χ3v) is 3.19. The summed E-state index contributed by atoms with van der Waals surface area (Å²) in [6.45, 7) is 1.11. The highest BCUT2D eigenvalue weighted by molar-refractivity contribution is 5.61. The normalized spacial score (nSPS) is 28.1. The minimum atomic E-state index is 0.442.